The molecule has 2 heterocycles. The second-order valence-electron chi connectivity index (χ2n) is 7.17. The van der Waals surface area contributed by atoms with Crippen molar-refractivity contribution >= 4 is 23.6 Å². The molecule has 0 saturated carbocycles. The van der Waals surface area contributed by atoms with Gasteiger partial charge in [0, 0.05) is 32.3 Å². The van der Waals surface area contributed by atoms with E-state index in [0.29, 0.717) is 30.8 Å². The lowest BCUT2D eigenvalue weighted by atomic mass is 10.1. The maximum absolute atomic E-state index is 12.0. The van der Waals surface area contributed by atoms with Crippen molar-refractivity contribution < 1.29 is 19.1 Å². The minimum atomic E-state index is -0.139. The van der Waals surface area contributed by atoms with Gasteiger partial charge in [-0.2, -0.15) is 0 Å². The van der Waals surface area contributed by atoms with Gasteiger partial charge in [-0.25, -0.2) is 0 Å². The van der Waals surface area contributed by atoms with E-state index >= 15 is 0 Å². The van der Waals surface area contributed by atoms with Gasteiger partial charge in [-0.15, -0.1) is 11.8 Å². The number of likely N-dealkylation sites (N-methyl/N-ethyl adjacent to an activating group) is 1. The second-order valence-corrected chi connectivity index (χ2v) is 8.12. The lowest BCUT2D eigenvalue weighted by Crippen LogP contribution is -2.38. The molecule has 2 amide bonds. The van der Waals surface area contributed by atoms with Crippen molar-refractivity contribution in [1.29, 1.82) is 0 Å². The first kappa shape index (κ1) is 21.0. The smallest absolute Gasteiger partial charge is 0.239 e. The summed E-state index contributed by atoms with van der Waals surface area (Å²) < 4.78 is 11.3. The maximum atomic E-state index is 12.0. The molecule has 2 saturated heterocycles. The van der Waals surface area contributed by atoms with E-state index in [0.717, 1.165) is 43.9 Å². The van der Waals surface area contributed by atoms with Crippen LogP contribution in [-0.4, -0.2) is 79.2 Å². The van der Waals surface area contributed by atoms with Crippen LogP contribution in [0.5, 0.6) is 5.75 Å². The summed E-state index contributed by atoms with van der Waals surface area (Å²) in [4.78, 5) is 27.5. The number of thioether (sulfide) groups is 1. The molecule has 7 nitrogen and oxygen atoms in total. The number of ether oxygens (including phenoxy) is 2. The topological polar surface area (TPSA) is 71.1 Å². The highest BCUT2D eigenvalue weighted by Crippen LogP contribution is 2.16. The Morgan fingerprint density at radius 1 is 1.39 bits per heavy atom. The number of carbonyl (C=O) groups is 2. The normalized spacial score (nSPS) is 17.9. The van der Waals surface area contributed by atoms with E-state index in [1.165, 1.54) is 11.8 Å². The Morgan fingerprint density at radius 2 is 2.21 bits per heavy atom. The molecule has 0 unspecified atom stereocenters. The van der Waals surface area contributed by atoms with Gasteiger partial charge >= 0.3 is 0 Å². The molecule has 8 heteroatoms. The van der Waals surface area contributed by atoms with Crippen LogP contribution in [0.1, 0.15) is 18.4 Å². The molecule has 1 aromatic carbocycles. The third kappa shape index (κ3) is 6.39. The van der Waals surface area contributed by atoms with Crippen LogP contribution >= 0.6 is 11.8 Å². The third-order valence-corrected chi connectivity index (χ3v) is 6.02. The Kier molecular flexibility index (Phi) is 8.00. The fraction of sp³-hybridized carbons (Fsp3) is 0.600. The lowest BCUT2D eigenvalue weighted by molar-refractivity contribution is -0.132. The Bertz CT molecular complexity index is 667. The number of benzene rings is 1. The molecule has 28 heavy (non-hydrogen) atoms. The number of nitrogens with zero attached hydrogens (tertiary/aromatic N) is 2. The maximum Gasteiger partial charge on any atom is 0.239 e. The zero-order valence-electron chi connectivity index (χ0n) is 16.4. The summed E-state index contributed by atoms with van der Waals surface area (Å²) in [5, 5.41) is 2.87. The van der Waals surface area contributed by atoms with Gasteiger partial charge in [-0.05, 0) is 37.6 Å². The van der Waals surface area contributed by atoms with E-state index in [1.54, 1.807) is 4.90 Å². The average Bonchev–Trinajstić information content (AvgIpc) is 3.12. The van der Waals surface area contributed by atoms with Gasteiger partial charge in [0.25, 0.3) is 0 Å². The van der Waals surface area contributed by atoms with Crippen molar-refractivity contribution in [3.63, 3.8) is 0 Å². The summed E-state index contributed by atoms with van der Waals surface area (Å²) in [5.74, 6) is 1.76. The molecule has 1 aromatic rings. The van der Waals surface area contributed by atoms with Gasteiger partial charge in [0.05, 0.1) is 11.6 Å². The van der Waals surface area contributed by atoms with E-state index in [-0.39, 0.29) is 18.4 Å². The highest BCUT2D eigenvalue weighted by molar-refractivity contribution is 8.00. The molecule has 0 aliphatic carbocycles. The monoisotopic (exact) mass is 407 g/mol. The summed E-state index contributed by atoms with van der Waals surface area (Å²) in [6.45, 7) is 3.72. The van der Waals surface area contributed by atoms with E-state index in [1.807, 2.05) is 24.3 Å². The van der Waals surface area contributed by atoms with Crippen LogP contribution in [-0.2, 0) is 20.9 Å². The quantitative estimate of drug-likeness (QED) is 0.666. The highest BCUT2D eigenvalue weighted by atomic mass is 32.2. The van der Waals surface area contributed by atoms with Crippen molar-refractivity contribution in [2.75, 3.05) is 51.6 Å². The molecular formula is C20H29N3O4S. The van der Waals surface area contributed by atoms with E-state index in [4.69, 9.17) is 9.47 Å². The third-order valence-electron chi connectivity index (χ3n) is 5.07. The number of carbonyl (C=O) groups excluding carboxylic acids is 2. The van der Waals surface area contributed by atoms with Crippen LogP contribution in [0.4, 0.5) is 0 Å². The predicted octanol–water partition coefficient (Wildman–Crippen LogP) is 1.33. The first-order valence-electron chi connectivity index (χ1n) is 9.74. The molecule has 154 valence electrons. The fourth-order valence-electron chi connectivity index (χ4n) is 3.33. The largest absolute Gasteiger partial charge is 0.492 e. The zero-order valence-corrected chi connectivity index (χ0v) is 17.2. The van der Waals surface area contributed by atoms with Crippen LogP contribution < -0.4 is 10.1 Å². The van der Waals surface area contributed by atoms with E-state index in [9.17, 15) is 9.59 Å². The Morgan fingerprint density at radius 3 is 2.96 bits per heavy atom. The zero-order chi connectivity index (χ0) is 19.8. The molecule has 2 aliphatic heterocycles. The van der Waals surface area contributed by atoms with Crippen LogP contribution in [0.3, 0.4) is 0 Å². The second kappa shape index (κ2) is 10.7. The minimum Gasteiger partial charge on any atom is -0.492 e. The van der Waals surface area contributed by atoms with Gasteiger partial charge in [-0.3, -0.25) is 14.5 Å². The summed E-state index contributed by atoms with van der Waals surface area (Å²) in [7, 11) is 2.13. The number of nitrogens with one attached hydrogen (secondary N) is 1. The van der Waals surface area contributed by atoms with E-state index in [2.05, 4.69) is 17.3 Å². The Balaban J connectivity index is 1.38. The summed E-state index contributed by atoms with van der Waals surface area (Å²) in [6.07, 6.45) is 2.15. The van der Waals surface area contributed by atoms with E-state index < -0.39 is 0 Å². The Hall–Kier alpha value is -1.77. The van der Waals surface area contributed by atoms with Crippen molar-refractivity contribution in [3.05, 3.63) is 29.8 Å². The first-order valence-corrected chi connectivity index (χ1v) is 10.9. The van der Waals surface area contributed by atoms with Gasteiger partial charge in [0.1, 0.15) is 18.9 Å². The molecule has 0 spiro atoms. The number of hydrogen-bond acceptors (Lipinski definition) is 6. The molecule has 0 aromatic heterocycles. The van der Waals surface area contributed by atoms with Crippen molar-refractivity contribution in [3.8, 4) is 5.75 Å². The molecule has 0 bridgehead atoms. The van der Waals surface area contributed by atoms with Gasteiger partial charge in [0.15, 0.2) is 0 Å². The molecular weight excluding hydrogens is 378 g/mol. The van der Waals surface area contributed by atoms with Crippen LogP contribution in [0.2, 0.25) is 0 Å². The van der Waals surface area contributed by atoms with Crippen LogP contribution in [0, 0.1) is 0 Å². The highest BCUT2D eigenvalue weighted by Gasteiger charge is 2.22. The van der Waals surface area contributed by atoms with Gasteiger partial charge in [0.2, 0.25) is 11.8 Å². The molecule has 0 atom stereocenters. The standard InChI is InChI=1S/C20H29N3O4S/c1-22(17-5-8-26-9-6-17)7-10-27-18-4-2-3-16(11-18)12-21-19(24)13-23-15-28-14-20(23)25/h2-4,11,17H,5-10,12-15H2,1H3,(H,21,24). The molecule has 1 N–H and O–H groups in total. The summed E-state index contributed by atoms with van der Waals surface area (Å²) in [5.41, 5.74) is 0.978. The number of amides is 2. The van der Waals surface area contributed by atoms with Gasteiger partial charge in [-0.1, -0.05) is 12.1 Å². The van der Waals surface area contributed by atoms with Crippen molar-refractivity contribution in [1.82, 2.24) is 15.1 Å². The molecule has 2 fully saturated rings. The predicted molar refractivity (Wildman–Crippen MR) is 109 cm³/mol. The lowest BCUT2D eigenvalue weighted by Gasteiger charge is -2.31. The number of hydrogen-bond donors (Lipinski definition) is 1. The van der Waals surface area contributed by atoms with Crippen LogP contribution in [0.25, 0.3) is 0 Å². The minimum absolute atomic E-state index is 0.0290. The van der Waals surface area contributed by atoms with Gasteiger partial charge < -0.3 is 19.7 Å². The molecule has 2 aliphatic rings. The average molecular weight is 408 g/mol. The molecule has 3 rings (SSSR count). The summed E-state index contributed by atoms with van der Waals surface area (Å²) >= 11 is 1.54. The van der Waals surface area contributed by atoms with Crippen LogP contribution in [0.15, 0.2) is 24.3 Å². The van der Waals surface area contributed by atoms with Crippen molar-refractivity contribution in [2.45, 2.75) is 25.4 Å². The fourth-order valence-corrected chi connectivity index (χ4v) is 4.24. The number of rotatable bonds is 9. The first-order chi connectivity index (χ1) is 13.6. The SMILES string of the molecule is CN(CCOc1cccc(CNC(=O)CN2CSCC2=O)c1)C1CCOCC1. The molecule has 0 radical (unpaired) electrons. The Labute approximate surface area is 170 Å². The summed E-state index contributed by atoms with van der Waals surface area (Å²) in [6, 6.07) is 8.34. The van der Waals surface area contributed by atoms with Crippen molar-refractivity contribution in [2.24, 2.45) is 0 Å².